The fourth-order valence-corrected chi connectivity index (χ4v) is 2.34. The molecule has 2 rings (SSSR count). The second-order valence-corrected chi connectivity index (χ2v) is 5.25. The SMILES string of the molecule is CN(CCNC1CCOCC1)CCc1ccncc1. The summed E-state index contributed by atoms with van der Waals surface area (Å²) in [6, 6.07) is 4.84. The van der Waals surface area contributed by atoms with Crippen LogP contribution in [0.2, 0.25) is 0 Å². The van der Waals surface area contributed by atoms with Crippen LogP contribution in [0.3, 0.4) is 0 Å². The molecule has 0 spiro atoms. The van der Waals surface area contributed by atoms with Crippen LogP contribution in [0.5, 0.6) is 0 Å². The molecule has 0 unspecified atom stereocenters. The maximum Gasteiger partial charge on any atom is 0.0480 e. The van der Waals surface area contributed by atoms with Gasteiger partial charge in [-0.3, -0.25) is 4.98 Å². The molecule has 0 amide bonds. The lowest BCUT2D eigenvalue weighted by molar-refractivity contribution is 0.0775. The number of hydrogen-bond acceptors (Lipinski definition) is 4. The van der Waals surface area contributed by atoms with Gasteiger partial charge in [-0.15, -0.1) is 0 Å². The fraction of sp³-hybridized carbons (Fsp3) is 0.667. The van der Waals surface area contributed by atoms with E-state index in [2.05, 4.69) is 34.4 Å². The Morgan fingerprint density at radius 1 is 1.26 bits per heavy atom. The highest BCUT2D eigenvalue weighted by atomic mass is 16.5. The van der Waals surface area contributed by atoms with Crippen LogP contribution >= 0.6 is 0 Å². The molecular formula is C15H25N3O. The van der Waals surface area contributed by atoms with Gasteiger partial charge >= 0.3 is 0 Å². The molecule has 0 aliphatic carbocycles. The van der Waals surface area contributed by atoms with Gasteiger partial charge in [0.15, 0.2) is 0 Å². The Bertz CT molecular complexity index is 339. The summed E-state index contributed by atoms with van der Waals surface area (Å²) in [5.41, 5.74) is 1.36. The molecule has 4 heteroatoms. The first-order chi connectivity index (χ1) is 9.34. The van der Waals surface area contributed by atoms with E-state index in [-0.39, 0.29) is 0 Å². The van der Waals surface area contributed by atoms with Crippen molar-refractivity contribution >= 4 is 0 Å². The molecule has 106 valence electrons. The minimum Gasteiger partial charge on any atom is -0.381 e. The van der Waals surface area contributed by atoms with Crippen molar-refractivity contribution in [2.45, 2.75) is 25.3 Å². The van der Waals surface area contributed by atoms with Crippen molar-refractivity contribution in [3.63, 3.8) is 0 Å². The zero-order chi connectivity index (χ0) is 13.3. The summed E-state index contributed by atoms with van der Waals surface area (Å²) < 4.78 is 5.36. The quantitative estimate of drug-likeness (QED) is 0.805. The number of nitrogens with one attached hydrogen (secondary N) is 1. The molecule has 1 aliphatic rings. The lowest BCUT2D eigenvalue weighted by Crippen LogP contribution is -2.39. The van der Waals surface area contributed by atoms with Gasteiger partial charge in [0.05, 0.1) is 0 Å². The molecule has 0 atom stereocenters. The zero-order valence-electron chi connectivity index (χ0n) is 11.8. The monoisotopic (exact) mass is 263 g/mol. The van der Waals surface area contributed by atoms with Gasteiger partial charge in [0.25, 0.3) is 0 Å². The number of nitrogens with zero attached hydrogens (tertiary/aromatic N) is 2. The summed E-state index contributed by atoms with van der Waals surface area (Å²) in [5, 5.41) is 3.62. The zero-order valence-corrected chi connectivity index (χ0v) is 11.8. The van der Waals surface area contributed by atoms with Gasteiger partial charge in [0.2, 0.25) is 0 Å². The largest absolute Gasteiger partial charge is 0.381 e. The van der Waals surface area contributed by atoms with Gasteiger partial charge in [-0.2, -0.15) is 0 Å². The summed E-state index contributed by atoms with van der Waals surface area (Å²) in [7, 11) is 2.19. The maximum atomic E-state index is 5.36. The van der Waals surface area contributed by atoms with Crippen LogP contribution in [0.4, 0.5) is 0 Å². The third-order valence-corrected chi connectivity index (χ3v) is 3.68. The predicted octanol–water partition coefficient (Wildman–Crippen LogP) is 1.32. The van der Waals surface area contributed by atoms with E-state index in [4.69, 9.17) is 4.74 Å². The highest BCUT2D eigenvalue weighted by Crippen LogP contribution is 2.05. The first kappa shape index (κ1) is 14.4. The summed E-state index contributed by atoms with van der Waals surface area (Å²) >= 11 is 0. The van der Waals surface area contributed by atoms with Crippen molar-refractivity contribution < 1.29 is 4.74 Å². The van der Waals surface area contributed by atoms with E-state index in [1.54, 1.807) is 0 Å². The van der Waals surface area contributed by atoms with E-state index in [9.17, 15) is 0 Å². The minimum atomic E-state index is 0.655. The summed E-state index contributed by atoms with van der Waals surface area (Å²) in [4.78, 5) is 6.42. The Morgan fingerprint density at radius 3 is 2.74 bits per heavy atom. The van der Waals surface area contributed by atoms with Crippen molar-refractivity contribution in [1.29, 1.82) is 0 Å². The number of likely N-dealkylation sites (N-methyl/N-ethyl adjacent to an activating group) is 1. The lowest BCUT2D eigenvalue weighted by atomic mass is 10.1. The maximum absolute atomic E-state index is 5.36. The molecule has 0 aromatic carbocycles. The standard InChI is InChI=1S/C15H25N3O/c1-18(10-4-14-2-7-16-8-3-14)11-9-17-15-5-12-19-13-6-15/h2-3,7-8,15,17H,4-6,9-13H2,1H3. The molecule has 1 N–H and O–H groups in total. The van der Waals surface area contributed by atoms with Crippen molar-refractivity contribution in [3.05, 3.63) is 30.1 Å². The van der Waals surface area contributed by atoms with Gasteiger partial charge in [-0.05, 0) is 44.0 Å². The highest BCUT2D eigenvalue weighted by molar-refractivity contribution is 5.09. The first-order valence-electron chi connectivity index (χ1n) is 7.23. The average Bonchev–Trinajstić information content (AvgIpc) is 2.47. The molecular weight excluding hydrogens is 238 g/mol. The van der Waals surface area contributed by atoms with Crippen LogP contribution in [-0.4, -0.2) is 55.8 Å². The number of ether oxygens (including phenoxy) is 1. The average molecular weight is 263 g/mol. The van der Waals surface area contributed by atoms with E-state index >= 15 is 0 Å². The van der Waals surface area contributed by atoms with Crippen molar-refractivity contribution in [1.82, 2.24) is 15.2 Å². The summed E-state index contributed by atoms with van der Waals surface area (Å²) in [6.45, 7) is 5.09. The molecule has 0 saturated carbocycles. The fourth-order valence-electron chi connectivity index (χ4n) is 2.34. The number of pyridine rings is 1. The topological polar surface area (TPSA) is 37.4 Å². The Balaban J connectivity index is 1.55. The summed E-state index contributed by atoms with van der Waals surface area (Å²) in [6.07, 6.45) is 7.13. The molecule has 4 nitrogen and oxygen atoms in total. The van der Waals surface area contributed by atoms with E-state index in [0.717, 1.165) is 52.1 Å². The van der Waals surface area contributed by atoms with Gasteiger partial charge in [-0.25, -0.2) is 0 Å². The third-order valence-electron chi connectivity index (χ3n) is 3.68. The number of aromatic nitrogens is 1. The second kappa shape index (κ2) is 8.25. The van der Waals surface area contributed by atoms with Gasteiger partial charge in [0.1, 0.15) is 0 Å². The van der Waals surface area contributed by atoms with E-state index in [1.165, 1.54) is 5.56 Å². The molecule has 1 aliphatic heterocycles. The molecule has 2 heterocycles. The molecule has 1 aromatic heterocycles. The summed E-state index contributed by atoms with van der Waals surface area (Å²) in [5.74, 6) is 0. The van der Waals surface area contributed by atoms with Gasteiger partial charge < -0.3 is 15.0 Å². The van der Waals surface area contributed by atoms with Gasteiger partial charge in [0, 0.05) is 51.3 Å². The van der Waals surface area contributed by atoms with E-state index < -0.39 is 0 Å². The smallest absolute Gasteiger partial charge is 0.0480 e. The van der Waals surface area contributed by atoms with Crippen LogP contribution in [-0.2, 0) is 11.2 Å². The Hall–Kier alpha value is -0.970. The van der Waals surface area contributed by atoms with Gasteiger partial charge in [-0.1, -0.05) is 0 Å². The molecule has 1 saturated heterocycles. The highest BCUT2D eigenvalue weighted by Gasteiger charge is 2.12. The van der Waals surface area contributed by atoms with E-state index in [1.807, 2.05) is 12.4 Å². The van der Waals surface area contributed by atoms with Crippen LogP contribution < -0.4 is 5.32 Å². The van der Waals surface area contributed by atoms with Crippen molar-refractivity contribution in [3.8, 4) is 0 Å². The molecule has 0 bridgehead atoms. The Kier molecular flexibility index (Phi) is 6.27. The minimum absolute atomic E-state index is 0.655. The Labute approximate surface area is 116 Å². The first-order valence-corrected chi connectivity index (χ1v) is 7.23. The third kappa shape index (κ3) is 5.68. The number of rotatable bonds is 7. The van der Waals surface area contributed by atoms with Crippen LogP contribution in [0.25, 0.3) is 0 Å². The van der Waals surface area contributed by atoms with Crippen LogP contribution in [0, 0.1) is 0 Å². The normalized spacial score (nSPS) is 16.9. The molecule has 1 aromatic rings. The molecule has 0 radical (unpaired) electrons. The molecule has 1 fully saturated rings. The van der Waals surface area contributed by atoms with Crippen LogP contribution in [0.1, 0.15) is 18.4 Å². The predicted molar refractivity (Wildman–Crippen MR) is 77.3 cm³/mol. The lowest BCUT2D eigenvalue weighted by Gasteiger charge is -2.24. The van der Waals surface area contributed by atoms with Crippen molar-refractivity contribution in [2.24, 2.45) is 0 Å². The van der Waals surface area contributed by atoms with Crippen LogP contribution in [0.15, 0.2) is 24.5 Å². The Morgan fingerprint density at radius 2 is 2.00 bits per heavy atom. The second-order valence-electron chi connectivity index (χ2n) is 5.25. The molecule has 19 heavy (non-hydrogen) atoms. The van der Waals surface area contributed by atoms with E-state index in [0.29, 0.717) is 6.04 Å². The van der Waals surface area contributed by atoms with Crippen molar-refractivity contribution in [2.75, 3.05) is 39.9 Å². The number of hydrogen-bond donors (Lipinski definition) is 1.